The van der Waals surface area contributed by atoms with Gasteiger partial charge in [0.2, 0.25) is 10.0 Å². The molecule has 1 aliphatic rings. The van der Waals surface area contributed by atoms with Crippen LogP contribution >= 0.6 is 15.9 Å². The minimum Gasteiger partial charge on any atom is -0.496 e. The Labute approximate surface area is 121 Å². The Bertz CT molecular complexity index is 542. The van der Waals surface area contributed by atoms with Gasteiger partial charge >= 0.3 is 0 Å². The maximum Gasteiger partial charge on any atom is 0.240 e. The van der Waals surface area contributed by atoms with Crippen LogP contribution in [-0.2, 0) is 10.0 Å². The summed E-state index contributed by atoms with van der Waals surface area (Å²) >= 11 is 3.30. The van der Waals surface area contributed by atoms with Crippen LogP contribution in [0.1, 0.15) is 12.8 Å². The predicted molar refractivity (Wildman–Crippen MR) is 76.9 cm³/mol. The zero-order valence-corrected chi connectivity index (χ0v) is 13.1. The zero-order chi connectivity index (χ0) is 13.9. The molecule has 0 unspecified atom stereocenters. The molecule has 19 heavy (non-hydrogen) atoms. The number of rotatable bonds is 4. The van der Waals surface area contributed by atoms with E-state index in [1.807, 2.05) is 0 Å². The molecule has 1 atom stereocenters. The predicted octanol–water partition coefficient (Wildman–Crippen LogP) is 1.49. The maximum absolute atomic E-state index is 12.3. The standard InChI is InChI=1S/C12H17BrN2O3S/c1-18-12-5-4-10(7-11(12)13)19(16,17)15-9-3-2-6-14-8-9/h4-5,7,9,14-15H,2-3,6,8H2,1H3/t9-/m1/s1. The van der Waals surface area contributed by atoms with Crippen molar-refractivity contribution in [2.75, 3.05) is 20.2 Å². The molecule has 106 valence electrons. The molecule has 2 N–H and O–H groups in total. The van der Waals surface area contributed by atoms with E-state index in [4.69, 9.17) is 4.74 Å². The second-order valence-electron chi connectivity index (χ2n) is 4.46. The first-order valence-corrected chi connectivity index (χ1v) is 8.37. The number of hydrogen-bond acceptors (Lipinski definition) is 4. The van der Waals surface area contributed by atoms with Crippen LogP contribution in [0.5, 0.6) is 5.75 Å². The first-order chi connectivity index (χ1) is 9.03. The van der Waals surface area contributed by atoms with Crippen LogP contribution in [0.3, 0.4) is 0 Å². The third kappa shape index (κ3) is 3.68. The number of nitrogens with one attached hydrogen (secondary N) is 2. The van der Waals surface area contributed by atoms with Gasteiger partial charge in [0.05, 0.1) is 16.5 Å². The summed E-state index contributed by atoms with van der Waals surface area (Å²) in [7, 11) is -1.94. The fourth-order valence-electron chi connectivity index (χ4n) is 2.05. The molecule has 1 fully saturated rings. The number of piperidine rings is 1. The molecule has 1 aliphatic heterocycles. The van der Waals surface area contributed by atoms with Gasteiger partial charge in [0.25, 0.3) is 0 Å². The third-order valence-corrected chi connectivity index (χ3v) is 5.19. The van der Waals surface area contributed by atoms with Crippen LogP contribution in [0, 0.1) is 0 Å². The summed E-state index contributed by atoms with van der Waals surface area (Å²) in [5, 5.41) is 3.18. The highest BCUT2D eigenvalue weighted by molar-refractivity contribution is 9.10. The lowest BCUT2D eigenvalue weighted by atomic mass is 10.1. The van der Waals surface area contributed by atoms with Crippen molar-refractivity contribution in [1.82, 2.24) is 10.0 Å². The molecule has 1 saturated heterocycles. The highest BCUT2D eigenvalue weighted by atomic mass is 79.9. The van der Waals surface area contributed by atoms with Crippen LogP contribution in [0.25, 0.3) is 0 Å². The molecule has 1 aromatic rings. The monoisotopic (exact) mass is 348 g/mol. The topological polar surface area (TPSA) is 67.4 Å². The zero-order valence-electron chi connectivity index (χ0n) is 10.6. The molecule has 2 rings (SSSR count). The van der Waals surface area contributed by atoms with Crippen molar-refractivity contribution in [3.63, 3.8) is 0 Å². The number of benzene rings is 1. The van der Waals surface area contributed by atoms with E-state index in [9.17, 15) is 8.42 Å². The molecule has 1 heterocycles. The number of methoxy groups -OCH3 is 1. The molecular formula is C12H17BrN2O3S. The van der Waals surface area contributed by atoms with Gasteiger partial charge in [0.15, 0.2) is 0 Å². The van der Waals surface area contributed by atoms with Gasteiger partial charge < -0.3 is 10.1 Å². The second kappa shape index (κ2) is 6.21. The van der Waals surface area contributed by atoms with E-state index in [0.717, 1.165) is 19.4 Å². The fourth-order valence-corrected chi connectivity index (χ4v) is 4.04. The Morgan fingerprint density at radius 2 is 2.26 bits per heavy atom. The lowest BCUT2D eigenvalue weighted by molar-refractivity contribution is 0.411. The molecule has 0 spiro atoms. The van der Waals surface area contributed by atoms with Crippen molar-refractivity contribution < 1.29 is 13.2 Å². The van der Waals surface area contributed by atoms with Crippen LogP contribution in [0.2, 0.25) is 0 Å². The average molecular weight is 349 g/mol. The van der Waals surface area contributed by atoms with Gasteiger partial charge in [-0.3, -0.25) is 0 Å². The molecule has 0 radical (unpaired) electrons. The third-order valence-electron chi connectivity index (χ3n) is 3.05. The molecule has 7 heteroatoms. The fraction of sp³-hybridized carbons (Fsp3) is 0.500. The van der Waals surface area contributed by atoms with Crippen LogP contribution in [-0.4, -0.2) is 34.7 Å². The molecular weight excluding hydrogens is 332 g/mol. The van der Waals surface area contributed by atoms with E-state index in [1.54, 1.807) is 25.3 Å². The summed E-state index contributed by atoms with van der Waals surface area (Å²) in [6.07, 6.45) is 1.85. The van der Waals surface area contributed by atoms with Gasteiger partial charge in [0.1, 0.15) is 5.75 Å². The van der Waals surface area contributed by atoms with E-state index in [-0.39, 0.29) is 10.9 Å². The number of ether oxygens (including phenoxy) is 1. The average Bonchev–Trinajstić information content (AvgIpc) is 2.39. The van der Waals surface area contributed by atoms with Crippen molar-refractivity contribution in [1.29, 1.82) is 0 Å². The van der Waals surface area contributed by atoms with Crippen LogP contribution < -0.4 is 14.8 Å². The number of hydrogen-bond donors (Lipinski definition) is 2. The highest BCUT2D eigenvalue weighted by Gasteiger charge is 2.22. The minimum absolute atomic E-state index is 0.0420. The molecule has 0 amide bonds. The summed E-state index contributed by atoms with van der Waals surface area (Å²) in [6, 6.07) is 4.69. The Morgan fingerprint density at radius 1 is 1.47 bits per heavy atom. The smallest absolute Gasteiger partial charge is 0.240 e. The minimum atomic E-state index is -3.48. The first kappa shape index (κ1) is 14.8. The van der Waals surface area contributed by atoms with Crippen LogP contribution in [0.15, 0.2) is 27.6 Å². The Balaban J connectivity index is 2.16. The highest BCUT2D eigenvalue weighted by Crippen LogP contribution is 2.27. The lowest BCUT2D eigenvalue weighted by Crippen LogP contribution is -2.45. The van der Waals surface area contributed by atoms with Gasteiger partial charge in [-0.1, -0.05) is 0 Å². The van der Waals surface area contributed by atoms with Crippen molar-refractivity contribution in [3.05, 3.63) is 22.7 Å². The molecule has 0 saturated carbocycles. The largest absolute Gasteiger partial charge is 0.496 e. The summed E-state index contributed by atoms with van der Waals surface area (Å²) in [5.74, 6) is 0.610. The van der Waals surface area contributed by atoms with Crippen molar-refractivity contribution in [2.45, 2.75) is 23.8 Å². The SMILES string of the molecule is COc1ccc(S(=O)(=O)N[C@@H]2CCCNC2)cc1Br. The Hall–Kier alpha value is -0.630. The quantitative estimate of drug-likeness (QED) is 0.864. The molecule has 0 aliphatic carbocycles. The molecule has 0 bridgehead atoms. The van der Waals surface area contributed by atoms with Gasteiger partial charge in [-0.05, 0) is 53.5 Å². The van der Waals surface area contributed by atoms with Crippen LogP contribution in [0.4, 0.5) is 0 Å². The van der Waals surface area contributed by atoms with E-state index >= 15 is 0 Å². The van der Waals surface area contributed by atoms with E-state index in [0.29, 0.717) is 16.8 Å². The van der Waals surface area contributed by atoms with Crippen molar-refractivity contribution >= 4 is 26.0 Å². The van der Waals surface area contributed by atoms with Gasteiger partial charge in [-0.25, -0.2) is 13.1 Å². The second-order valence-corrected chi connectivity index (χ2v) is 7.03. The number of halogens is 1. The molecule has 1 aromatic carbocycles. The summed E-state index contributed by atoms with van der Waals surface area (Å²) in [4.78, 5) is 0.241. The van der Waals surface area contributed by atoms with Gasteiger partial charge in [-0.2, -0.15) is 0 Å². The molecule has 0 aromatic heterocycles. The van der Waals surface area contributed by atoms with Crippen molar-refractivity contribution in [2.24, 2.45) is 0 Å². The van der Waals surface area contributed by atoms with E-state index in [1.165, 1.54) is 0 Å². The van der Waals surface area contributed by atoms with E-state index in [2.05, 4.69) is 26.0 Å². The summed E-state index contributed by atoms with van der Waals surface area (Å²) in [5.41, 5.74) is 0. The normalized spacial score (nSPS) is 20.2. The van der Waals surface area contributed by atoms with Gasteiger partial charge in [0, 0.05) is 12.6 Å². The van der Waals surface area contributed by atoms with Gasteiger partial charge in [-0.15, -0.1) is 0 Å². The Morgan fingerprint density at radius 3 is 2.84 bits per heavy atom. The first-order valence-electron chi connectivity index (χ1n) is 6.09. The maximum atomic E-state index is 12.3. The van der Waals surface area contributed by atoms with E-state index < -0.39 is 10.0 Å². The van der Waals surface area contributed by atoms with Crippen molar-refractivity contribution in [3.8, 4) is 5.75 Å². The number of sulfonamides is 1. The summed E-state index contributed by atoms with van der Waals surface area (Å²) in [6.45, 7) is 1.63. The molecule has 5 nitrogen and oxygen atoms in total. The summed E-state index contributed by atoms with van der Waals surface area (Å²) < 4.78 is 32.9. The Kier molecular flexibility index (Phi) is 4.83. The lowest BCUT2D eigenvalue weighted by Gasteiger charge is -2.23.